The van der Waals surface area contributed by atoms with Crippen molar-refractivity contribution in [1.29, 1.82) is 0 Å². The van der Waals surface area contributed by atoms with E-state index in [1.54, 1.807) is 7.05 Å². The fourth-order valence-corrected chi connectivity index (χ4v) is 7.03. The molecule has 3 amide bonds. The van der Waals surface area contributed by atoms with Crippen molar-refractivity contribution in [1.82, 2.24) is 20.0 Å². The van der Waals surface area contributed by atoms with Crippen molar-refractivity contribution in [2.75, 3.05) is 47.9 Å². The van der Waals surface area contributed by atoms with Crippen molar-refractivity contribution < 1.29 is 55.3 Å². The number of benzene rings is 1. The maximum atomic E-state index is 14.2. The highest BCUT2D eigenvalue weighted by atomic mass is 19.2. The van der Waals surface area contributed by atoms with Crippen LogP contribution in [0.1, 0.15) is 66.2 Å². The lowest BCUT2D eigenvalue weighted by atomic mass is 9.90. The van der Waals surface area contributed by atoms with Crippen LogP contribution in [0.25, 0.3) is 0 Å². The Morgan fingerprint density at radius 1 is 0.960 bits per heavy atom. The highest BCUT2D eigenvalue weighted by Crippen LogP contribution is 2.33. The zero-order valence-corrected chi connectivity index (χ0v) is 29.9. The third-order valence-electron chi connectivity index (χ3n) is 10.5. The van der Waals surface area contributed by atoms with Gasteiger partial charge in [-0.1, -0.05) is 20.3 Å². The number of hydrogen-bond donors (Lipinski definition) is 1. The number of esters is 1. The molecule has 2 fully saturated rings. The van der Waals surface area contributed by atoms with Crippen LogP contribution in [0.3, 0.4) is 0 Å². The molecule has 3 rings (SSSR count). The van der Waals surface area contributed by atoms with Crippen LogP contribution in [0, 0.1) is 40.9 Å². The summed E-state index contributed by atoms with van der Waals surface area (Å²) in [7, 11) is 6.16. The Balaban J connectivity index is 1.74. The van der Waals surface area contributed by atoms with E-state index in [2.05, 4.69) is 10.1 Å². The fraction of sp³-hybridized carbons (Fsp3) is 0.706. The number of amides is 3. The number of ether oxygens (including phenoxy) is 3. The molecule has 0 radical (unpaired) electrons. The minimum atomic E-state index is -2.39. The first-order valence-corrected chi connectivity index (χ1v) is 16.8. The molecule has 50 heavy (non-hydrogen) atoms. The first-order valence-electron chi connectivity index (χ1n) is 16.8. The third-order valence-corrected chi connectivity index (χ3v) is 10.5. The van der Waals surface area contributed by atoms with Gasteiger partial charge in [-0.15, -0.1) is 0 Å². The van der Waals surface area contributed by atoms with Gasteiger partial charge in [0.2, 0.25) is 52.6 Å². The van der Waals surface area contributed by atoms with E-state index in [1.165, 1.54) is 30.9 Å². The molecule has 2 heterocycles. The summed E-state index contributed by atoms with van der Waals surface area (Å²) in [6.07, 6.45) is 1.10. The Morgan fingerprint density at radius 3 is 2.08 bits per heavy atom. The number of likely N-dealkylation sites (tertiary alicyclic amines) is 2. The first kappa shape index (κ1) is 41.1. The van der Waals surface area contributed by atoms with Crippen molar-refractivity contribution in [2.24, 2.45) is 11.8 Å². The Bertz CT molecular complexity index is 1390. The smallest absolute Gasteiger partial charge is 0.316 e. The van der Waals surface area contributed by atoms with Gasteiger partial charge >= 0.3 is 5.97 Å². The quantitative estimate of drug-likeness (QED) is 0.0957. The Labute approximate surface area is 289 Å². The summed E-state index contributed by atoms with van der Waals surface area (Å²) in [6.45, 7) is 7.83. The summed E-state index contributed by atoms with van der Waals surface area (Å²) in [6, 6.07) is -1.27. The van der Waals surface area contributed by atoms with Gasteiger partial charge in [-0.05, 0) is 59.0 Å². The Morgan fingerprint density at radius 2 is 1.56 bits per heavy atom. The number of halogens is 5. The monoisotopic (exact) mass is 720 g/mol. The highest BCUT2D eigenvalue weighted by molar-refractivity contribution is 5.90. The summed E-state index contributed by atoms with van der Waals surface area (Å²) in [5, 5.41) is 2.77. The van der Waals surface area contributed by atoms with Gasteiger partial charge < -0.3 is 29.3 Å². The van der Waals surface area contributed by atoms with Crippen molar-refractivity contribution >= 4 is 23.7 Å². The summed E-state index contributed by atoms with van der Waals surface area (Å²) in [4.78, 5) is 58.2. The van der Waals surface area contributed by atoms with Gasteiger partial charge in [-0.2, -0.15) is 8.78 Å². The summed E-state index contributed by atoms with van der Waals surface area (Å²) >= 11 is 0. The van der Waals surface area contributed by atoms with Crippen molar-refractivity contribution in [3.63, 3.8) is 0 Å². The van der Waals surface area contributed by atoms with E-state index in [0.717, 1.165) is 13.0 Å². The maximum absolute atomic E-state index is 14.2. The molecule has 0 bridgehead atoms. The molecule has 7 atom stereocenters. The molecule has 282 valence electrons. The van der Waals surface area contributed by atoms with E-state index in [9.17, 15) is 41.1 Å². The van der Waals surface area contributed by atoms with Crippen molar-refractivity contribution in [2.45, 2.75) is 96.1 Å². The predicted octanol–water partition coefficient (Wildman–Crippen LogP) is 3.81. The molecule has 2 aliphatic rings. The van der Waals surface area contributed by atoms with Gasteiger partial charge in [0, 0.05) is 27.8 Å². The van der Waals surface area contributed by atoms with E-state index < -0.39 is 76.6 Å². The SMILES string of the molecule is CCC(C)[C@@H](C(CC(=O)N1CCC[C@H]1C(OC)[C@@H](C)C(=O)Oc1c(F)c(F)c(F)c(F)c1F)OC)N(C)C(=O)CNC(=O)[C@@]1(C)CCCN1C. The largest absolute Gasteiger partial charge is 0.420 e. The van der Waals surface area contributed by atoms with Crippen LogP contribution in [0.4, 0.5) is 22.0 Å². The van der Waals surface area contributed by atoms with E-state index in [4.69, 9.17) is 9.47 Å². The molecule has 1 aromatic rings. The van der Waals surface area contributed by atoms with Crippen molar-refractivity contribution in [3.05, 3.63) is 29.1 Å². The molecule has 1 N–H and O–H groups in total. The molecule has 0 saturated carbocycles. The fourth-order valence-electron chi connectivity index (χ4n) is 7.03. The van der Waals surface area contributed by atoms with Gasteiger partial charge in [0.25, 0.3) is 0 Å². The number of nitrogens with one attached hydrogen (secondary N) is 1. The molecule has 0 spiro atoms. The molecule has 3 unspecified atom stereocenters. The topological polar surface area (TPSA) is 118 Å². The van der Waals surface area contributed by atoms with Gasteiger partial charge in [-0.25, -0.2) is 13.2 Å². The lowest BCUT2D eigenvalue weighted by Crippen LogP contribution is -2.56. The van der Waals surface area contributed by atoms with Gasteiger partial charge in [0.1, 0.15) is 0 Å². The van der Waals surface area contributed by atoms with Crippen LogP contribution in [0.2, 0.25) is 0 Å². The zero-order chi connectivity index (χ0) is 37.7. The van der Waals surface area contributed by atoms with Crippen LogP contribution in [0.15, 0.2) is 0 Å². The molecular weight excluding hydrogens is 671 g/mol. The molecule has 0 aliphatic carbocycles. The Kier molecular flexibility index (Phi) is 14.1. The van der Waals surface area contributed by atoms with E-state index >= 15 is 0 Å². The normalized spacial score (nSPS) is 22.5. The van der Waals surface area contributed by atoms with Crippen LogP contribution in [-0.4, -0.2) is 116 Å². The molecule has 2 saturated heterocycles. The second kappa shape index (κ2) is 17.2. The third kappa shape index (κ3) is 8.39. The van der Waals surface area contributed by atoms with Crippen molar-refractivity contribution in [3.8, 4) is 5.75 Å². The van der Waals surface area contributed by atoms with E-state index in [0.29, 0.717) is 25.7 Å². The minimum Gasteiger partial charge on any atom is -0.420 e. The number of hydrogen-bond acceptors (Lipinski definition) is 8. The number of rotatable bonds is 15. The molecule has 0 aromatic heterocycles. The Hall–Kier alpha value is -3.37. The minimum absolute atomic E-state index is 0.117. The highest BCUT2D eigenvalue weighted by Gasteiger charge is 2.44. The number of carbonyl (C=O) groups is 4. The summed E-state index contributed by atoms with van der Waals surface area (Å²) < 4.78 is 85.3. The number of carbonyl (C=O) groups excluding carboxylic acids is 4. The van der Waals surface area contributed by atoms with Crippen LogP contribution >= 0.6 is 0 Å². The van der Waals surface area contributed by atoms with E-state index in [1.807, 2.05) is 32.7 Å². The lowest BCUT2D eigenvalue weighted by Gasteiger charge is -2.39. The van der Waals surface area contributed by atoms with Gasteiger partial charge in [0.15, 0.2) is 0 Å². The average Bonchev–Trinajstić information content (AvgIpc) is 3.73. The second-order valence-corrected chi connectivity index (χ2v) is 13.4. The maximum Gasteiger partial charge on any atom is 0.316 e. The molecule has 16 heteroatoms. The molecule has 1 aromatic carbocycles. The molecule has 2 aliphatic heterocycles. The van der Waals surface area contributed by atoms with E-state index in [-0.39, 0.29) is 43.1 Å². The zero-order valence-electron chi connectivity index (χ0n) is 29.9. The van der Waals surface area contributed by atoms with Gasteiger partial charge in [-0.3, -0.25) is 24.1 Å². The molecular formula is C34H49F5N4O7. The number of methoxy groups -OCH3 is 2. The average molecular weight is 721 g/mol. The summed E-state index contributed by atoms with van der Waals surface area (Å²) in [5.74, 6) is -17.0. The van der Waals surface area contributed by atoms with Gasteiger partial charge in [0.05, 0.1) is 48.7 Å². The molecule has 11 nitrogen and oxygen atoms in total. The van der Waals surface area contributed by atoms with Crippen LogP contribution in [-0.2, 0) is 28.7 Å². The van der Waals surface area contributed by atoms with Crippen LogP contribution < -0.4 is 10.1 Å². The standard InChI is InChI=1S/C34H49F5N4O7/c1-9-18(2)29(42(6)23(45)17-40-33(47)34(4)13-11-14-41(34)5)21(48-7)16-22(44)43-15-10-12-20(43)30(49-8)19(3)32(46)50-31-27(38)25(36)24(35)26(37)28(31)39/h18-21,29-30H,9-17H2,1-8H3,(H,40,47)/t18?,19-,20+,21?,29+,30?,34-/m1/s1. The first-order chi connectivity index (χ1) is 23.5. The lowest BCUT2D eigenvalue weighted by molar-refractivity contribution is -0.150. The second-order valence-electron chi connectivity index (χ2n) is 13.4. The number of nitrogens with zero attached hydrogens (tertiary/aromatic N) is 3. The predicted molar refractivity (Wildman–Crippen MR) is 171 cm³/mol. The number of likely N-dealkylation sites (N-methyl/N-ethyl adjacent to an activating group) is 2. The van der Waals surface area contributed by atoms with Crippen LogP contribution in [0.5, 0.6) is 5.75 Å². The summed E-state index contributed by atoms with van der Waals surface area (Å²) in [5.41, 5.74) is -0.708.